The molecule has 2 aliphatic rings. The number of cyclic esters (lactones) is 1. The van der Waals surface area contributed by atoms with E-state index in [2.05, 4.69) is 10.3 Å². The SMILES string of the molecule is CC(=O)NC[C@H]1CN(c2cnc(N3CCS(O)(O)CC3)c(F)c2)C(=O)O1. The van der Waals surface area contributed by atoms with Crippen molar-refractivity contribution >= 4 is 34.1 Å². The highest BCUT2D eigenvalue weighted by Gasteiger charge is 2.33. The van der Waals surface area contributed by atoms with Crippen molar-refractivity contribution in [2.75, 3.05) is 47.5 Å². The Bertz CT molecular complexity index is 709. The third-order valence-electron chi connectivity index (χ3n) is 4.25. The Morgan fingerprint density at radius 1 is 1.46 bits per heavy atom. The molecule has 0 bridgehead atoms. The number of amides is 2. The average Bonchev–Trinajstić information content (AvgIpc) is 2.94. The summed E-state index contributed by atoms with van der Waals surface area (Å²) in [6, 6.07) is 1.21. The summed E-state index contributed by atoms with van der Waals surface area (Å²) in [7, 11) is -2.57. The van der Waals surface area contributed by atoms with Crippen LogP contribution in [0.15, 0.2) is 12.3 Å². The van der Waals surface area contributed by atoms with E-state index in [1.54, 1.807) is 4.90 Å². The van der Waals surface area contributed by atoms with E-state index in [9.17, 15) is 23.1 Å². The van der Waals surface area contributed by atoms with Gasteiger partial charge in [0.25, 0.3) is 0 Å². The number of carbonyl (C=O) groups excluding carboxylic acids is 2. The summed E-state index contributed by atoms with van der Waals surface area (Å²) >= 11 is 0. The van der Waals surface area contributed by atoms with Crippen LogP contribution in [0, 0.1) is 5.82 Å². The lowest BCUT2D eigenvalue weighted by Crippen LogP contribution is -2.39. The molecule has 3 heterocycles. The quantitative estimate of drug-likeness (QED) is 0.711. The largest absolute Gasteiger partial charge is 0.442 e. The molecular weight excluding hydrogens is 367 g/mol. The van der Waals surface area contributed by atoms with Gasteiger partial charge in [0.05, 0.1) is 36.5 Å². The van der Waals surface area contributed by atoms with Crippen molar-refractivity contribution in [1.82, 2.24) is 10.3 Å². The number of hydrogen-bond acceptors (Lipinski definition) is 7. The third kappa shape index (κ3) is 4.17. The van der Waals surface area contributed by atoms with E-state index in [1.807, 2.05) is 0 Å². The van der Waals surface area contributed by atoms with Crippen LogP contribution in [-0.4, -0.2) is 69.9 Å². The maximum absolute atomic E-state index is 14.5. The Morgan fingerprint density at radius 3 is 2.77 bits per heavy atom. The molecule has 2 aliphatic heterocycles. The Hall–Kier alpha value is -2.11. The standard InChI is InChI=1S/C15H21FN4O5S/c1-10(21)17-8-12-9-20(15(22)25-12)11-6-13(16)14(18-7-11)19-2-4-26(23,24)5-3-19/h6-7,12,23-24H,2-5,8-9H2,1H3,(H,17,21)/t12-/m0/s1. The van der Waals surface area contributed by atoms with Crippen molar-refractivity contribution in [2.45, 2.75) is 13.0 Å². The molecule has 1 aromatic rings. The second-order valence-electron chi connectivity index (χ2n) is 6.25. The predicted molar refractivity (Wildman–Crippen MR) is 95.3 cm³/mol. The van der Waals surface area contributed by atoms with E-state index >= 15 is 0 Å². The first-order valence-electron chi connectivity index (χ1n) is 8.12. The minimum Gasteiger partial charge on any atom is -0.442 e. The number of nitrogens with one attached hydrogen (secondary N) is 1. The van der Waals surface area contributed by atoms with Gasteiger partial charge in [0, 0.05) is 26.1 Å². The molecule has 0 spiro atoms. The van der Waals surface area contributed by atoms with Crippen molar-refractivity contribution in [3.8, 4) is 0 Å². The van der Waals surface area contributed by atoms with Gasteiger partial charge in [-0.2, -0.15) is 10.6 Å². The van der Waals surface area contributed by atoms with E-state index in [1.165, 1.54) is 24.1 Å². The highest BCUT2D eigenvalue weighted by atomic mass is 32.3. The van der Waals surface area contributed by atoms with Gasteiger partial charge >= 0.3 is 6.09 Å². The number of carbonyl (C=O) groups is 2. The van der Waals surface area contributed by atoms with Crippen molar-refractivity contribution < 1.29 is 27.8 Å². The summed E-state index contributed by atoms with van der Waals surface area (Å²) in [6.45, 7) is 2.34. The molecule has 9 nitrogen and oxygen atoms in total. The number of ether oxygens (including phenoxy) is 1. The summed E-state index contributed by atoms with van der Waals surface area (Å²) in [6.07, 6.45) is 0.246. The van der Waals surface area contributed by atoms with Crippen molar-refractivity contribution in [1.29, 1.82) is 0 Å². The van der Waals surface area contributed by atoms with Gasteiger partial charge in [0.1, 0.15) is 6.10 Å². The highest BCUT2D eigenvalue weighted by molar-refractivity contribution is 8.24. The van der Waals surface area contributed by atoms with Gasteiger partial charge in [-0.05, 0) is 0 Å². The molecule has 2 amide bonds. The van der Waals surface area contributed by atoms with E-state index in [4.69, 9.17) is 4.74 Å². The van der Waals surface area contributed by atoms with Gasteiger partial charge in [-0.15, -0.1) is 0 Å². The monoisotopic (exact) mass is 388 g/mol. The van der Waals surface area contributed by atoms with Crippen molar-refractivity contribution in [3.05, 3.63) is 18.1 Å². The van der Waals surface area contributed by atoms with Crippen LogP contribution in [0.25, 0.3) is 0 Å². The van der Waals surface area contributed by atoms with Crippen LogP contribution in [0.1, 0.15) is 6.92 Å². The minimum atomic E-state index is -2.57. The fourth-order valence-electron chi connectivity index (χ4n) is 2.84. The molecule has 0 saturated carbocycles. The molecule has 0 aliphatic carbocycles. The molecule has 3 N–H and O–H groups in total. The number of halogens is 1. The molecule has 0 aromatic carbocycles. The van der Waals surface area contributed by atoms with Crippen LogP contribution in [0.3, 0.4) is 0 Å². The van der Waals surface area contributed by atoms with Gasteiger partial charge < -0.3 is 15.0 Å². The van der Waals surface area contributed by atoms with Gasteiger partial charge in [0.15, 0.2) is 11.6 Å². The Balaban J connectivity index is 1.68. The Kier molecular flexibility index (Phi) is 5.21. The molecule has 11 heteroatoms. The van der Waals surface area contributed by atoms with Gasteiger partial charge in [-0.1, -0.05) is 0 Å². The molecule has 1 aromatic heterocycles. The van der Waals surface area contributed by atoms with Crippen molar-refractivity contribution in [2.24, 2.45) is 0 Å². The Labute approximate surface area is 151 Å². The fraction of sp³-hybridized carbons (Fsp3) is 0.533. The van der Waals surface area contributed by atoms with Gasteiger partial charge in [-0.25, -0.2) is 14.2 Å². The maximum Gasteiger partial charge on any atom is 0.414 e. The van der Waals surface area contributed by atoms with Crippen LogP contribution in [0.5, 0.6) is 0 Å². The number of nitrogens with zero attached hydrogens (tertiary/aromatic N) is 3. The van der Waals surface area contributed by atoms with Gasteiger partial charge in [-0.3, -0.25) is 18.8 Å². The summed E-state index contributed by atoms with van der Waals surface area (Å²) in [5, 5.41) is 2.57. The highest BCUT2D eigenvalue weighted by Crippen LogP contribution is 2.41. The molecule has 144 valence electrons. The molecule has 3 rings (SSSR count). The molecule has 0 unspecified atom stereocenters. The second-order valence-corrected chi connectivity index (χ2v) is 8.67. The lowest BCUT2D eigenvalue weighted by Gasteiger charge is -2.41. The molecule has 2 saturated heterocycles. The second kappa shape index (κ2) is 7.25. The molecule has 0 radical (unpaired) electrons. The van der Waals surface area contributed by atoms with Crippen LogP contribution < -0.4 is 15.1 Å². The molecule has 2 fully saturated rings. The van der Waals surface area contributed by atoms with E-state index in [0.717, 1.165) is 0 Å². The normalized spacial score (nSPS) is 23.5. The average molecular weight is 388 g/mol. The summed E-state index contributed by atoms with van der Waals surface area (Å²) in [5.41, 5.74) is 0.267. The topological polar surface area (TPSA) is 115 Å². The summed E-state index contributed by atoms with van der Waals surface area (Å²) in [5.74, 6) is -0.349. The summed E-state index contributed by atoms with van der Waals surface area (Å²) < 4.78 is 38.9. The number of pyridine rings is 1. The summed E-state index contributed by atoms with van der Waals surface area (Å²) in [4.78, 5) is 29.9. The van der Waals surface area contributed by atoms with E-state index in [-0.39, 0.29) is 42.0 Å². The fourth-order valence-corrected chi connectivity index (χ4v) is 4.07. The number of anilines is 2. The van der Waals surface area contributed by atoms with Gasteiger partial charge in [0.2, 0.25) is 5.91 Å². The lowest BCUT2D eigenvalue weighted by molar-refractivity contribution is -0.119. The number of hydrogen-bond donors (Lipinski definition) is 3. The van der Waals surface area contributed by atoms with Crippen LogP contribution in [0.4, 0.5) is 20.7 Å². The lowest BCUT2D eigenvalue weighted by atomic mass is 10.3. The first kappa shape index (κ1) is 18.7. The number of aromatic nitrogens is 1. The van der Waals surface area contributed by atoms with Crippen LogP contribution >= 0.6 is 10.6 Å². The van der Waals surface area contributed by atoms with Crippen LogP contribution in [0.2, 0.25) is 0 Å². The maximum atomic E-state index is 14.5. The first-order chi connectivity index (χ1) is 12.2. The smallest absolute Gasteiger partial charge is 0.414 e. The van der Waals surface area contributed by atoms with Crippen LogP contribution in [-0.2, 0) is 9.53 Å². The molecule has 1 atom stereocenters. The van der Waals surface area contributed by atoms with Crippen molar-refractivity contribution in [3.63, 3.8) is 0 Å². The zero-order valence-electron chi connectivity index (χ0n) is 14.2. The van der Waals surface area contributed by atoms with E-state index < -0.39 is 28.6 Å². The Morgan fingerprint density at radius 2 is 2.15 bits per heavy atom. The van der Waals surface area contributed by atoms with E-state index in [0.29, 0.717) is 13.1 Å². The molecule has 26 heavy (non-hydrogen) atoms. The zero-order chi connectivity index (χ0) is 18.9. The number of rotatable bonds is 4. The predicted octanol–water partition coefficient (Wildman–Crippen LogP) is 1.25. The molecular formula is C15H21FN4O5S. The minimum absolute atomic E-state index is 0.117. The first-order valence-corrected chi connectivity index (χ1v) is 10.0. The third-order valence-corrected chi connectivity index (χ3v) is 5.92. The zero-order valence-corrected chi connectivity index (χ0v) is 15.0.